The summed E-state index contributed by atoms with van der Waals surface area (Å²) in [5.41, 5.74) is 7.04. The minimum absolute atomic E-state index is 0.000985. The van der Waals surface area contributed by atoms with E-state index in [9.17, 15) is 14.4 Å². The number of hydrogen-bond donors (Lipinski definition) is 2. The molecule has 0 spiro atoms. The van der Waals surface area contributed by atoms with Gasteiger partial charge in [-0.25, -0.2) is 0 Å². The Morgan fingerprint density at radius 1 is 0.929 bits per heavy atom. The molecule has 1 aliphatic rings. The highest BCUT2D eigenvalue weighted by molar-refractivity contribution is 6.06. The fraction of sp³-hybridized carbons (Fsp3) is 0.318. The van der Waals surface area contributed by atoms with E-state index in [0.717, 1.165) is 12.8 Å². The Balaban J connectivity index is 1.65. The SMILES string of the molecule is CN(C(=O)c1ccc(NC(=O)c2cccc(C(N)=O)c2)cc1)C1CCCCC1. The van der Waals surface area contributed by atoms with Crippen LogP contribution in [-0.2, 0) is 0 Å². The Hall–Kier alpha value is -3.15. The van der Waals surface area contributed by atoms with E-state index in [2.05, 4.69) is 5.32 Å². The number of nitrogens with zero attached hydrogens (tertiary/aromatic N) is 1. The van der Waals surface area contributed by atoms with Gasteiger partial charge in [0, 0.05) is 35.5 Å². The molecule has 1 saturated carbocycles. The summed E-state index contributed by atoms with van der Waals surface area (Å²) >= 11 is 0. The molecule has 0 radical (unpaired) electrons. The molecule has 6 heteroatoms. The van der Waals surface area contributed by atoms with Crippen LogP contribution in [0.1, 0.15) is 63.2 Å². The van der Waals surface area contributed by atoms with Crippen molar-refractivity contribution in [3.8, 4) is 0 Å². The fourth-order valence-corrected chi connectivity index (χ4v) is 3.55. The van der Waals surface area contributed by atoms with Gasteiger partial charge < -0.3 is 16.0 Å². The number of nitrogens with one attached hydrogen (secondary N) is 1. The quantitative estimate of drug-likeness (QED) is 0.833. The van der Waals surface area contributed by atoms with Crippen LogP contribution in [0.25, 0.3) is 0 Å². The first-order valence-electron chi connectivity index (χ1n) is 9.54. The van der Waals surface area contributed by atoms with E-state index in [0.29, 0.717) is 22.9 Å². The highest BCUT2D eigenvalue weighted by atomic mass is 16.2. The normalized spacial score (nSPS) is 14.3. The molecule has 28 heavy (non-hydrogen) atoms. The maximum absolute atomic E-state index is 12.7. The lowest BCUT2D eigenvalue weighted by atomic mass is 9.94. The van der Waals surface area contributed by atoms with Crippen molar-refractivity contribution in [2.75, 3.05) is 12.4 Å². The summed E-state index contributed by atoms with van der Waals surface area (Å²) in [5.74, 6) is -0.931. The van der Waals surface area contributed by atoms with Gasteiger partial charge in [0.2, 0.25) is 5.91 Å². The van der Waals surface area contributed by atoms with Crippen molar-refractivity contribution in [3.05, 3.63) is 65.2 Å². The number of benzene rings is 2. The molecule has 0 unspecified atom stereocenters. The summed E-state index contributed by atoms with van der Waals surface area (Å²) < 4.78 is 0. The van der Waals surface area contributed by atoms with Crippen molar-refractivity contribution in [1.29, 1.82) is 0 Å². The minimum Gasteiger partial charge on any atom is -0.366 e. The number of nitrogens with two attached hydrogens (primary N) is 1. The van der Waals surface area contributed by atoms with Crippen molar-refractivity contribution in [1.82, 2.24) is 4.90 Å². The van der Waals surface area contributed by atoms with Crippen LogP contribution >= 0.6 is 0 Å². The van der Waals surface area contributed by atoms with E-state index in [1.165, 1.54) is 25.3 Å². The van der Waals surface area contributed by atoms with Crippen LogP contribution in [0.3, 0.4) is 0 Å². The summed E-state index contributed by atoms with van der Waals surface area (Å²) in [6, 6.07) is 13.4. The Morgan fingerprint density at radius 2 is 1.57 bits per heavy atom. The third-order valence-electron chi connectivity index (χ3n) is 5.24. The highest BCUT2D eigenvalue weighted by Crippen LogP contribution is 2.23. The number of hydrogen-bond acceptors (Lipinski definition) is 3. The first-order valence-corrected chi connectivity index (χ1v) is 9.54. The second kappa shape index (κ2) is 8.69. The maximum Gasteiger partial charge on any atom is 0.255 e. The molecular weight excluding hydrogens is 354 g/mol. The highest BCUT2D eigenvalue weighted by Gasteiger charge is 2.22. The number of carbonyl (C=O) groups is 3. The van der Waals surface area contributed by atoms with Crippen LogP contribution in [0.4, 0.5) is 5.69 Å². The topological polar surface area (TPSA) is 92.5 Å². The molecule has 0 aromatic heterocycles. The summed E-state index contributed by atoms with van der Waals surface area (Å²) in [5, 5.41) is 2.77. The van der Waals surface area contributed by atoms with E-state index in [1.54, 1.807) is 42.5 Å². The number of primary amides is 1. The Bertz CT molecular complexity index is 871. The van der Waals surface area contributed by atoms with E-state index in [1.807, 2.05) is 11.9 Å². The lowest BCUT2D eigenvalue weighted by Gasteiger charge is -2.31. The molecule has 0 bridgehead atoms. The molecule has 3 amide bonds. The molecule has 0 saturated heterocycles. The summed E-state index contributed by atoms with van der Waals surface area (Å²) in [6.45, 7) is 0. The number of carbonyl (C=O) groups excluding carboxylic acids is 3. The van der Waals surface area contributed by atoms with Gasteiger partial charge >= 0.3 is 0 Å². The van der Waals surface area contributed by atoms with E-state index in [4.69, 9.17) is 5.73 Å². The van der Waals surface area contributed by atoms with Crippen molar-refractivity contribution in [2.24, 2.45) is 5.73 Å². The predicted molar refractivity (Wildman–Crippen MR) is 108 cm³/mol. The lowest BCUT2D eigenvalue weighted by molar-refractivity contribution is 0.0696. The Kier molecular flexibility index (Phi) is 6.09. The summed E-state index contributed by atoms with van der Waals surface area (Å²) in [6.07, 6.45) is 5.70. The molecule has 1 aliphatic carbocycles. The second-order valence-electron chi connectivity index (χ2n) is 7.18. The minimum atomic E-state index is -0.584. The molecule has 0 atom stereocenters. The van der Waals surface area contributed by atoms with Gasteiger partial charge in [0.1, 0.15) is 0 Å². The first kappa shape index (κ1) is 19.6. The van der Waals surface area contributed by atoms with Gasteiger partial charge in [-0.15, -0.1) is 0 Å². The molecule has 0 heterocycles. The third-order valence-corrected chi connectivity index (χ3v) is 5.24. The van der Waals surface area contributed by atoms with Crippen LogP contribution < -0.4 is 11.1 Å². The second-order valence-corrected chi connectivity index (χ2v) is 7.18. The summed E-state index contributed by atoms with van der Waals surface area (Å²) in [7, 11) is 1.86. The average molecular weight is 379 g/mol. The average Bonchev–Trinajstić information content (AvgIpc) is 2.74. The zero-order valence-corrected chi connectivity index (χ0v) is 16.0. The van der Waals surface area contributed by atoms with Gasteiger partial charge in [0.15, 0.2) is 0 Å². The van der Waals surface area contributed by atoms with Gasteiger partial charge in [0.25, 0.3) is 11.8 Å². The first-order chi connectivity index (χ1) is 13.5. The smallest absolute Gasteiger partial charge is 0.255 e. The van der Waals surface area contributed by atoms with Gasteiger partial charge in [-0.05, 0) is 55.3 Å². The van der Waals surface area contributed by atoms with Gasteiger partial charge in [-0.3, -0.25) is 14.4 Å². The summed E-state index contributed by atoms with van der Waals surface area (Å²) in [4.78, 5) is 38.2. The van der Waals surface area contributed by atoms with Crippen LogP contribution in [-0.4, -0.2) is 35.7 Å². The zero-order chi connectivity index (χ0) is 20.1. The molecule has 6 nitrogen and oxygen atoms in total. The van der Waals surface area contributed by atoms with E-state index < -0.39 is 5.91 Å². The van der Waals surface area contributed by atoms with Crippen molar-refractivity contribution in [2.45, 2.75) is 38.1 Å². The van der Waals surface area contributed by atoms with Crippen molar-refractivity contribution >= 4 is 23.4 Å². The number of rotatable bonds is 5. The lowest BCUT2D eigenvalue weighted by Crippen LogP contribution is -2.38. The standard InChI is InChI=1S/C22H25N3O3/c1-25(19-8-3-2-4-9-19)22(28)15-10-12-18(13-11-15)24-21(27)17-7-5-6-16(14-17)20(23)26/h5-7,10-14,19H,2-4,8-9H2,1H3,(H2,23,26)(H,24,27). The van der Waals surface area contributed by atoms with E-state index >= 15 is 0 Å². The third kappa shape index (κ3) is 4.57. The molecule has 3 N–H and O–H groups in total. The van der Waals surface area contributed by atoms with Crippen LogP contribution in [0.2, 0.25) is 0 Å². The van der Waals surface area contributed by atoms with Crippen LogP contribution in [0.5, 0.6) is 0 Å². The van der Waals surface area contributed by atoms with Crippen molar-refractivity contribution < 1.29 is 14.4 Å². The Morgan fingerprint density at radius 3 is 2.21 bits per heavy atom. The van der Waals surface area contributed by atoms with Gasteiger partial charge in [-0.2, -0.15) is 0 Å². The molecule has 2 aromatic rings. The molecular formula is C22H25N3O3. The van der Waals surface area contributed by atoms with Gasteiger partial charge in [-0.1, -0.05) is 25.3 Å². The number of amides is 3. The molecule has 146 valence electrons. The largest absolute Gasteiger partial charge is 0.366 e. The predicted octanol–water partition coefficient (Wildman–Crippen LogP) is 3.44. The number of anilines is 1. The molecule has 2 aromatic carbocycles. The van der Waals surface area contributed by atoms with Crippen LogP contribution in [0.15, 0.2) is 48.5 Å². The monoisotopic (exact) mass is 379 g/mol. The fourth-order valence-electron chi connectivity index (χ4n) is 3.55. The zero-order valence-electron chi connectivity index (χ0n) is 16.0. The van der Waals surface area contributed by atoms with Crippen LogP contribution in [0, 0.1) is 0 Å². The molecule has 3 rings (SSSR count). The maximum atomic E-state index is 12.7. The van der Waals surface area contributed by atoms with Crippen molar-refractivity contribution in [3.63, 3.8) is 0 Å². The molecule has 0 aliphatic heterocycles. The van der Waals surface area contributed by atoms with Gasteiger partial charge in [0.05, 0.1) is 0 Å². The van der Waals surface area contributed by atoms with E-state index in [-0.39, 0.29) is 17.4 Å². The molecule has 1 fully saturated rings. The Labute approximate surface area is 164 Å².